The molecule has 86 valence electrons. The lowest BCUT2D eigenvalue weighted by atomic mass is 10.1. The van der Waals surface area contributed by atoms with Gasteiger partial charge in [0.2, 0.25) is 0 Å². The SMILES string of the molecule is Cc1sc(C(=O)CC(=O)C2CC2)c(F)c1F. The number of ketones is 2. The Morgan fingerprint density at radius 1 is 1.31 bits per heavy atom. The van der Waals surface area contributed by atoms with Crippen molar-refractivity contribution in [2.45, 2.75) is 26.2 Å². The van der Waals surface area contributed by atoms with Gasteiger partial charge >= 0.3 is 0 Å². The number of hydrogen-bond donors (Lipinski definition) is 0. The summed E-state index contributed by atoms with van der Waals surface area (Å²) in [5.41, 5.74) is 0. The normalized spacial score (nSPS) is 15.2. The molecule has 16 heavy (non-hydrogen) atoms. The standard InChI is InChI=1S/C11H10F2O2S/c1-5-9(12)10(13)11(16-5)8(15)4-7(14)6-2-3-6/h6H,2-4H2,1H3. The lowest BCUT2D eigenvalue weighted by molar-refractivity contribution is -0.119. The van der Waals surface area contributed by atoms with Crippen LogP contribution >= 0.6 is 11.3 Å². The summed E-state index contributed by atoms with van der Waals surface area (Å²) in [4.78, 5) is 22.8. The zero-order valence-electron chi connectivity index (χ0n) is 8.68. The number of aryl methyl sites for hydroxylation is 1. The summed E-state index contributed by atoms with van der Waals surface area (Å²) in [7, 11) is 0. The first kappa shape index (κ1) is 11.4. The molecule has 0 N–H and O–H groups in total. The third-order valence-electron chi connectivity index (χ3n) is 2.58. The fourth-order valence-electron chi connectivity index (χ4n) is 1.46. The Bertz CT molecular complexity index is 461. The van der Waals surface area contributed by atoms with Crippen LogP contribution in [0.15, 0.2) is 0 Å². The maximum absolute atomic E-state index is 13.2. The number of carbonyl (C=O) groups excluding carboxylic acids is 2. The van der Waals surface area contributed by atoms with E-state index in [1.54, 1.807) is 0 Å². The summed E-state index contributed by atoms with van der Waals surface area (Å²) in [5, 5.41) is 0. The minimum Gasteiger partial charge on any atom is -0.299 e. The highest BCUT2D eigenvalue weighted by atomic mass is 32.1. The van der Waals surface area contributed by atoms with E-state index in [-0.39, 0.29) is 27.9 Å². The minimum absolute atomic E-state index is 0.0297. The molecule has 5 heteroatoms. The summed E-state index contributed by atoms with van der Waals surface area (Å²) in [6, 6.07) is 0. The van der Waals surface area contributed by atoms with E-state index in [0.717, 1.165) is 24.2 Å². The fraction of sp³-hybridized carbons (Fsp3) is 0.455. The van der Waals surface area contributed by atoms with Gasteiger partial charge < -0.3 is 0 Å². The van der Waals surface area contributed by atoms with Gasteiger partial charge in [-0.05, 0) is 19.8 Å². The van der Waals surface area contributed by atoms with Crippen LogP contribution in [0.2, 0.25) is 0 Å². The molecule has 2 nitrogen and oxygen atoms in total. The van der Waals surface area contributed by atoms with Crippen LogP contribution in [0.25, 0.3) is 0 Å². The van der Waals surface area contributed by atoms with Crippen LogP contribution in [-0.2, 0) is 4.79 Å². The molecular formula is C11H10F2O2S. The van der Waals surface area contributed by atoms with Crippen LogP contribution in [0.4, 0.5) is 8.78 Å². The van der Waals surface area contributed by atoms with Crippen LogP contribution in [0.3, 0.4) is 0 Å². The van der Waals surface area contributed by atoms with Gasteiger partial charge in [0, 0.05) is 10.8 Å². The smallest absolute Gasteiger partial charge is 0.183 e. The van der Waals surface area contributed by atoms with Crippen LogP contribution in [0, 0.1) is 24.5 Å². The Morgan fingerprint density at radius 2 is 1.94 bits per heavy atom. The Morgan fingerprint density at radius 3 is 2.38 bits per heavy atom. The van der Waals surface area contributed by atoms with Crippen LogP contribution in [-0.4, -0.2) is 11.6 Å². The summed E-state index contributed by atoms with van der Waals surface area (Å²) in [6.45, 7) is 1.41. The topological polar surface area (TPSA) is 34.1 Å². The van der Waals surface area contributed by atoms with Gasteiger partial charge in [0.25, 0.3) is 0 Å². The Labute approximate surface area is 95.3 Å². The van der Waals surface area contributed by atoms with E-state index >= 15 is 0 Å². The Balaban J connectivity index is 2.13. The monoisotopic (exact) mass is 244 g/mol. The molecule has 1 heterocycles. The molecule has 1 saturated carbocycles. The van der Waals surface area contributed by atoms with Gasteiger partial charge in [0.05, 0.1) is 6.42 Å². The van der Waals surface area contributed by atoms with Crippen molar-refractivity contribution in [3.8, 4) is 0 Å². The molecule has 1 aromatic heterocycles. The maximum atomic E-state index is 13.2. The molecule has 0 aromatic carbocycles. The third-order valence-corrected chi connectivity index (χ3v) is 3.67. The van der Waals surface area contributed by atoms with Gasteiger partial charge in [-0.3, -0.25) is 9.59 Å². The van der Waals surface area contributed by atoms with Gasteiger partial charge in [-0.15, -0.1) is 11.3 Å². The highest BCUT2D eigenvalue weighted by molar-refractivity contribution is 7.14. The van der Waals surface area contributed by atoms with Gasteiger partial charge in [0.15, 0.2) is 17.4 Å². The average Bonchev–Trinajstić information content (AvgIpc) is 3.03. The molecular weight excluding hydrogens is 234 g/mol. The molecule has 0 bridgehead atoms. The second kappa shape index (κ2) is 4.05. The number of hydrogen-bond acceptors (Lipinski definition) is 3. The van der Waals surface area contributed by atoms with E-state index in [9.17, 15) is 18.4 Å². The molecule has 0 unspecified atom stereocenters. The van der Waals surface area contributed by atoms with Gasteiger partial charge in [-0.1, -0.05) is 0 Å². The highest BCUT2D eigenvalue weighted by Gasteiger charge is 2.32. The zero-order chi connectivity index (χ0) is 11.9. The first-order valence-electron chi connectivity index (χ1n) is 5.01. The van der Waals surface area contributed by atoms with Crippen molar-refractivity contribution in [1.29, 1.82) is 0 Å². The molecule has 1 fully saturated rings. The number of thiophene rings is 1. The largest absolute Gasteiger partial charge is 0.299 e. The molecule has 0 saturated heterocycles. The van der Waals surface area contributed by atoms with E-state index < -0.39 is 17.4 Å². The first-order valence-corrected chi connectivity index (χ1v) is 5.82. The molecule has 1 aliphatic carbocycles. The molecule has 1 aromatic rings. The van der Waals surface area contributed by atoms with Crippen molar-refractivity contribution < 1.29 is 18.4 Å². The van der Waals surface area contributed by atoms with Gasteiger partial charge in [-0.25, -0.2) is 8.78 Å². The summed E-state index contributed by atoms with van der Waals surface area (Å²) in [5.74, 6) is -2.89. The number of carbonyl (C=O) groups is 2. The van der Waals surface area contributed by atoms with E-state index in [1.165, 1.54) is 6.92 Å². The molecule has 0 spiro atoms. The van der Waals surface area contributed by atoms with E-state index in [2.05, 4.69) is 0 Å². The highest BCUT2D eigenvalue weighted by Crippen LogP contribution is 2.32. The second-order valence-electron chi connectivity index (χ2n) is 3.96. The quantitative estimate of drug-likeness (QED) is 0.603. The van der Waals surface area contributed by atoms with E-state index in [0.29, 0.717) is 0 Å². The van der Waals surface area contributed by atoms with Crippen molar-refractivity contribution in [2.75, 3.05) is 0 Å². The first-order chi connectivity index (χ1) is 7.50. The minimum atomic E-state index is -1.11. The lowest BCUT2D eigenvalue weighted by Gasteiger charge is -1.96. The molecule has 2 rings (SSSR count). The number of halogens is 2. The molecule has 0 atom stereocenters. The Kier molecular flexibility index (Phi) is 2.88. The molecule has 1 aliphatic rings. The number of Topliss-reactive ketones (excluding diaryl/α,β-unsaturated/α-hetero) is 2. The molecule has 0 radical (unpaired) electrons. The predicted molar refractivity (Wildman–Crippen MR) is 55.7 cm³/mol. The summed E-state index contributed by atoms with van der Waals surface area (Å²) in [6.07, 6.45) is 1.32. The molecule has 0 amide bonds. The van der Waals surface area contributed by atoms with Crippen molar-refractivity contribution in [2.24, 2.45) is 5.92 Å². The van der Waals surface area contributed by atoms with Gasteiger partial charge in [-0.2, -0.15) is 0 Å². The van der Waals surface area contributed by atoms with Crippen LogP contribution < -0.4 is 0 Å². The van der Waals surface area contributed by atoms with Crippen LogP contribution in [0.1, 0.15) is 33.8 Å². The van der Waals surface area contributed by atoms with Crippen molar-refractivity contribution in [1.82, 2.24) is 0 Å². The van der Waals surface area contributed by atoms with E-state index in [4.69, 9.17) is 0 Å². The average molecular weight is 244 g/mol. The zero-order valence-corrected chi connectivity index (χ0v) is 9.50. The van der Waals surface area contributed by atoms with Crippen molar-refractivity contribution in [3.05, 3.63) is 21.4 Å². The summed E-state index contributed by atoms with van der Waals surface area (Å²) >= 11 is 0.771. The van der Waals surface area contributed by atoms with Crippen LogP contribution in [0.5, 0.6) is 0 Å². The number of rotatable bonds is 4. The van der Waals surface area contributed by atoms with Crippen molar-refractivity contribution in [3.63, 3.8) is 0 Å². The summed E-state index contributed by atoms with van der Waals surface area (Å²) < 4.78 is 26.3. The van der Waals surface area contributed by atoms with Gasteiger partial charge in [0.1, 0.15) is 10.7 Å². The second-order valence-corrected chi connectivity index (χ2v) is 5.18. The predicted octanol–water partition coefficient (Wildman–Crippen LogP) is 2.89. The molecule has 0 aliphatic heterocycles. The van der Waals surface area contributed by atoms with E-state index in [1.807, 2.05) is 0 Å². The van der Waals surface area contributed by atoms with Crippen molar-refractivity contribution >= 4 is 22.9 Å². The lowest BCUT2D eigenvalue weighted by Crippen LogP contribution is -2.09. The third kappa shape index (κ3) is 2.04. The fourth-order valence-corrected chi connectivity index (χ4v) is 2.32. The Hall–Kier alpha value is -1.10. The maximum Gasteiger partial charge on any atom is 0.183 e.